The van der Waals surface area contributed by atoms with Crippen molar-refractivity contribution in [2.75, 3.05) is 0 Å². The van der Waals surface area contributed by atoms with Gasteiger partial charge in [-0.3, -0.25) is 4.79 Å². The van der Waals surface area contributed by atoms with Crippen molar-refractivity contribution in [3.63, 3.8) is 0 Å². The number of carbonyl (C=O) groups is 1. The van der Waals surface area contributed by atoms with Crippen molar-refractivity contribution >= 4 is 17.8 Å². The summed E-state index contributed by atoms with van der Waals surface area (Å²) in [4.78, 5) is 15.2. The number of hydrogen-bond acceptors (Lipinski definition) is 5. The molecule has 0 atom stereocenters. The molecule has 0 fully saturated rings. The second kappa shape index (κ2) is 4.75. The third-order valence-corrected chi connectivity index (χ3v) is 2.80. The molecule has 0 aliphatic rings. The molecule has 0 radical (unpaired) electrons. The molecule has 15 heavy (non-hydrogen) atoms. The number of hydrogen-bond donors (Lipinski definition) is 0. The summed E-state index contributed by atoms with van der Waals surface area (Å²) in [5.74, 6) is 0.749. The predicted molar refractivity (Wildman–Crippen MR) is 54.5 cm³/mol. The van der Waals surface area contributed by atoms with Crippen molar-refractivity contribution in [3.05, 3.63) is 40.2 Å². The van der Waals surface area contributed by atoms with Crippen LogP contribution in [-0.4, -0.2) is 11.5 Å². The van der Waals surface area contributed by atoms with E-state index in [2.05, 4.69) is 9.72 Å². The highest BCUT2D eigenvalue weighted by Gasteiger charge is 2.09. The summed E-state index contributed by atoms with van der Waals surface area (Å²) in [5.41, 5.74) is 0.676. The number of ether oxygens (including phenoxy) is 1. The summed E-state index contributed by atoms with van der Waals surface area (Å²) in [6, 6.07) is 4.01. The van der Waals surface area contributed by atoms with Gasteiger partial charge in [0.05, 0.1) is 0 Å². The zero-order valence-electron chi connectivity index (χ0n) is 7.88. The maximum absolute atomic E-state index is 10.0. The molecule has 0 aromatic carbocycles. The zero-order valence-corrected chi connectivity index (χ0v) is 8.70. The highest BCUT2D eigenvalue weighted by atomic mass is 32.1. The van der Waals surface area contributed by atoms with Gasteiger partial charge >= 0.3 is 0 Å². The summed E-state index contributed by atoms with van der Waals surface area (Å²) in [5, 5.41) is 2.01. The second-order valence-corrected chi connectivity index (χ2v) is 3.92. The minimum absolute atomic E-state index is 0.167. The van der Waals surface area contributed by atoms with E-state index in [-0.39, 0.29) is 6.61 Å². The highest BCUT2D eigenvalue weighted by molar-refractivity contribution is 7.09. The topological polar surface area (TPSA) is 52.3 Å². The van der Waals surface area contributed by atoms with E-state index in [1.54, 1.807) is 11.3 Å². The van der Waals surface area contributed by atoms with Crippen LogP contribution in [0.1, 0.15) is 16.3 Å². The Hall–Kier alpha value is -1.62. The van der Waals surface area contributed by atoms with Gasteiger partial charge in [-0.25, -0.2) is 4.98 Å². The highest BCUT2D eigenvalue weighted by Crippen LogP contribution is 2.17. The quantitative estimate of drug-likeness (QED) is 0.727. The average molecular weight is 223 g/mol. The number of nitrogens with zero attached hydrogens (tertiary/aromatic N) is 1. The van der Waals surface area contributed by atoms with Gasteiger partial charge in [0.15, 0.2) is 6.39 Å². The lowest BCUT2D eigenvalue weighted by molar-refractivity contribution is -0.129. The first-order valence-corrected chi connectivity index (χ1v) is 5.27. The standard InChI is InChI=1S/C10H9NO3S/c12-7-13-5-9-10(14-6-11-9)4-8-2-1-3-15-8/h1-3,6-7H,4-5H2. The third-order valence-electron chi connectivity index (χ3n) is 1.93. The Morgan fingerprint density at radius 2 is 2.53 bits per heavy atom. The molecular weight excluding hydrogens is 214 g/mol. The monoisotopic (exact) mass is 223 g/mol. The van der Waals surface area contributed by atoms with Gasteiger partial charge in [-0.2, -0.15) is 0 Å². The van der Waals surface area contributed by atoms with Gasteiger partial charge in [-0.05, 0) is 11.4 Å². The lowest BCUT2D eigenvalue weighted by atomic mass is 10.2. The molecule has 0 unspecified atom stereocenters. The largest absolute Gasteiger partial charge is 0.461 e. The maximum Gasteiger partial charge on any atom is 0.293 e. The predicted octanol–water partition coefficient (Wildman–Crippen LogP) is 2.00. The first kappa shape index (κ1) is 9.92. The van der Waals surface area contributed by atoms with E-state index in [4.69, 9.17) is 4.42 Å². The van der Waals surface area contributed by atoms with Gasteiger partial charge in [0, 0.05) is 11.3 Å². The van der Waals surface area contributed by atoms with E-state index < -0.39 is 0 Å². The number of aromatic nitrogens is 1. The number of thiophene rings is 1. The van der Waals surface area contributed by atoms with Crippen LogP contribution in [0.4, 0.5) is 0 Å². The van der Waals surface area contributed by atoms with E-state index in [0.29, 0.717) is 18.6 Å². The lowest BCUT2D eigenvalue weighted by Crippen LogP contribution is -1.95. The number of carbonyl (C=O) groups excluding carboxylic acids is 1. The Morgan fingerprint density at radius 3 is 3.27 bits per heavy atom. The molecule has 5 heteroatoms. The molecule has 0 bridgehead atoms. The first-order chi connectivity index (χ1) is 7.40. The third kappa shape index (κ3) is 2.44. The molecule has 0 saturated carbocycles. The van der Waals surface area contributed by atoms with Crippen molar-refractivity contribution in [1.82, 2.24) is 4.98 Å². The molecule has 0 saturated heterocycles. The normalized spacial score (nSPS) is 10.1. The van der Waals surface area contributed by atoms with Crippen molar-refractivity contribution in [1.29, 1.82) is 0 Å². The van der Waals surface area contributed by atoms with E-state index in [9.17, 15) is 4.79 Å². The summed E-state index contributed by atoms with van der Waals surface area (Å²) in [7, 11) is 0. The van der Waals surface area contributed by atoms with Gasteiger partial charge in [0.2, 0.25) is 0 Å². The average Bonchev–Trinajstić information content (AvgIpc) is 2.87. The number of oxazole rings is 1. The van der Waals surface area contributed by atoms with Crippen LogP contribution in [0.5, 0.6) is 0 Å². The molecule has 4 nitrogen and oxygen atoms in total. The van der Waals surface area contributed by atoms with Crippen molar-refractivity contribution in [2.24, 2.45) is 0 Å². The van der Waals surface area contributed by atoms with Crippen LogP contribution < -0.4 is 0 Å². The van der Waals surface area contributed by atoms with Crippen molar-refractivity contribution < 1.29 is 13.9 Å². The Morgan fingerprint density at radius 1 is 1.60 bits per heavy atom. The fraction of sp³-hybridized carbons (Fsp3) is 0.200. The van der Waals surface area contributed by atoms with Crippen LogP contribution >= 0.6 is 11.3 Å². The van der Waals surface area contributed by atoms with Gasteiger partial charge in [0.25, 0.3) is 6.47 Å². The maximum atomic E-state index is 10.0. The SMILES string of the molecule is O=COCc1ncoc1Cc1cccs1. The summed E-state index contributed by atoms with van der Waals surface area (Å²) in [6.07, 6.45) is 2.06. The van der Waals surface area contributed by atoms with Crippen molar-refractivity contribution in [3.8, 4) is 0 Å². The number of rotatable bonds is 5. The Kier molecular flexibility index (Phi) is 3.14. The Labute approximate surface area is 90.5 Å². The molecule has 0 aliphatic heterocycles. The molecule has 0 N–H and O–H groups in total. The molecule has 0 amide bonds. The summed E-state index contributed by atoms with van der Waals surface area (Å²) in [6.45, 7) is 0.574. The second-order valence-electron chi connectivity index (χ2n) is 2.89. The summed E-state index contributed by atoms with van der Waals surface area (Å²) >= 11 is 1.66. The van der Waals surface area contributed by atoms with Crippen LogP contribution in [0.15, 0.2) is 28.3 Å². The lowest BCUT2D eigenvalue weighted by Gasteiger charge is -1.97. The van der Waals surface area contributed by atoms with Gasteiger partial charge < -0.3 is 9.15 Å². The van der Waals surface area contributed by atoms with E-state index in [1.807, 2.05) is 17.5 Å². The summed E-state index contributed by atoms with van der Waals surface area (Å²) < 4.78 is 9.87. The van der Waals surface area contributed by atoms with E-state index in [0.717, 1.165) is 5.76 Å². The molecule has 0 spiro atoms. The van der Waals surface area contributed by atoms with Crippen LogP contribution in [0, 0.1) is 0 Å². The Balaban J connectivity index is 2.07. The molecule has 2 heterocycles. The fourth-order valence-corrected chi connectivity index (χ4v) is 1.94. The van der Waals surface area contributed by atoms with Crippen LogP contribution in [-0.2, 0) is 22.6 Å². The van der Waals surface area contributed by atoms with Crippen LogP contribution in [0.25, 0.3) is 0 Å². The smallest absolute Gasteiger partial charge is 0.293 e. The molecule has 0 aliphatic carbocycles. The van der Waals surface area contributed by atoms with E-state index in [1.165, 1.54) is 11.3 Å². The molecular formula is C10H9NO3S. The first-order valence-electron chi connectivity index (χ1n) is 4.39. The van der Waals surface area contributed by atoms with Crippen LogP contribution in [0.3, 0.4) is 0 Å². The van der Waals surface area contributed by atoms with Gasteiger partial charge in [-0.1, -0.05) is 6.07 Å². The zero-order chi connectivity index (χ0) is 10.5. The molecule has 2 aromatic heterocycles. The molecule has 78 valence electrons. The van der Waals surface area contributed by atoms with Gasteiger partial charge in [0.1, 0.15) is 18.1 Å². The fourth-order valence-electron chi connectivity index (χ4n) is 1.24. The van der Waals surface area contributed by atoms with Gasteiger partial charge in [-0.15, -0.1) is 11.3 Å². The molecule has 2 aromatic rings. The molecule has 2 rings (SSSR count). The van der Waals surface area contributed by atoms with Crippen LogP contribution in [0.2, 0.25) is 0 Å². The minimum atomic E-state index is 0.167. The van der Waals surface area contributed by atoms with E-state index >= 15 is 0 Å². The minimum Gasteiger partial charge on any atom is -0.461 e. The van der Waals surface area contributed by atoms with Crippen molar-refractivity contribution in [2.45, 2.75) is 13.0 Å². The Bertz CT molecular complexity index is 422.